The molecule has 1 aliphatic heterocycles. The smallest absolute Gasteiger partial charge is 0.399 e. The minimum absolute atomic E-state index is 0.0485. The highest BCUT2D eigenvalue weighted by atomic mass is 35.5. The minimum Gasteiger partial charge on any atom is -0.399 e. The van der Waals surface area contributed by atoms with Crippen molar-refractivity contribution < 1.29 is 19.1 Å². The Labute approximate surface area is 217 Å². The predicted octanol–water partition coefficient (Wildman–Crippen LogP) is 5.21. The predicted molar refractivity (Wildman–Crippen MR) is 139 cm³/mol. The van der Waals surface area contributed by atoms with Crippen molar-refractivity contribution in [2.24, 2.45) is 0 Å². The third kappa shape index (κ3) is 5.28. The molecule has 36 heavy (non-hydrogen) atoms. The fourth-order valence-corrected chi connectivity index (χ4v) is 4.89. The Balaban J connectivity index is 1.40. The van der Waals surface area contributed by atoms with Crippen molar-refractivity contribution in [3.8, 4) is 22.0 Å². The lowest BCUT2D eigenvalue weighted by Crippen LogP contribution is -2.42. The number of carbonyl (C=O) groups excluding carboxylic acids is 2. The first kappa shape index (κ1) is 24.1. The van der Waals surface area contributed by atoms with Crippen LogP contribution in [0.4, 0.5) is 10.5 Å². The van der Waals surface area contributed by atoms with E-state index in [2.05, 4.69) is 5.32 Å². The van der Waals surface area contributed by atoms with Crippen molar-refractivity contribution in [1.29, 1.82) is 0 Å². The summed E-state index contributed by atoms with van der Waals surface area (Å²) in [5.41, 5.74) is 5.17. The number of hydrogen-bond donors (Lipinski definition) is 1. The van der Waals surface area contributed by atoms with Gasteiger partial charge >= 0.3 is 6.09 Å². The van der Waals surface area contributed by atoms with Gasteiger partial charge in [0.05, 0.1) is 22.3 Å². The molecule has 0 atom stereocenters. The van der Waals surface area contributed by atoms with Crippen LogP contribution in [-0.4, -0.2) is 41.5 Å². The standard InChI is InChI=1S/C26H23ClN4O4S/c1-17-13-20(7-8-21(17)30-11-12-34-16-23(30)32)31-15-19(25(29-31)18-5-3-2-4-6-18)14-28-26(33)35-24-10-9-22(27)36-24/h2-10,13,15H,11-12,14,16H2,1H3,(H,28,33). The van der Waals surface area contributed by atoms with Gasteiger partial charge in [-0.15, -0.1) is 0 Å². The van der Waals surface area contributed by atoms with E-state index in [-0.39, 0.29) is 19.1 Å². The second-order valence-electron chi connectivity index (χ2n) is 8.18. The molecule has 8 nitrogen and oxygen atoms in total. The van der Waals surface area contributed by atoms with E-state index in [9.17, 15) is 9.59 Å². The van der Waals surface area contributed by atoms with Gasteiger partial charge in [0.25, 0.3) is 5.91 Å². The normalized spacial score (nSPS) is 13.6. The van der Waals surface area contributed by atoms with E-state index in [4.69, 9.17) is 26.2 Å². The molecule has 1 saturated heterocycles. The number of nitrogens with zero attached hydrogens (tertiary/aromatic N) is 3. The second kappa shape index (κ2) is 10.5. The van der Waals surface area contributed by atoms with Gasteiger partial charge in [-0.05, 0) is 42.8 Å². The van der Waals surface area contributed by atoms with Gasteiger partial charge in [0.15, 0.2) is 5.06 Å². The molecule has 0 aliphatic carbocycles. The first-order valence-electron chi connectivity index (χ1n) is 11.3. The van der Waals surface area contributed by atoms with Crippen LogP contribution in [0.25, 0.3) is 16.9 Å². The molecule has 184 valence electrons. The molecule has 0 bridgehead atoms. The highest BCUT2D eigenvalue weighted by Gasteiger charge is 2.22. The molecule has 2 amide bonds. The number of halogens is 1. The van der Waals surface area contributed by atoms with Crippen LogP contribution in [0.5, 0.6) is 5.06 Å². The van der Waals surface area contributed by atoms with Crippen molar-refractivity contribution in [1.82, 2.24) is 15.1 Å². The van der Waals surface area contributed by atoms with E-state index in [0.717, 1.165) is 33.8 Å². The largest absolute Gasteiger partial charge is 0.413 e. The van der Waals surface area contributed by atoms with Crippen LogP contribution in [0.2, 0.25) is 4.34 Å². The summed E-state index contributed by atoms with van der Waals surface area (Å²) >= 11 is 7.10. The maximum absolute atomic E-state index is 12.3. The highest BCUT2D eigenvalue weighted by Crippen LogP contribution is 2.29. The molecule has 1 N–H and O–H groups in total. The number of rotatable bonds is 6. The summed E-state index contributed by atoms with van der Waals surface area (Å²) in [6.07, 6.45) is 1.31. The molecule has 5 rings (SSSR count). The van der Waals surface area contributed by atoms with Gasteiger partial charge in [0.2, 0.25) is 0 Å². The van der Waals surface area contributed by atoms with Crippen LogP contribution >= 0.6 is 22.9 Å². The average molecular weight is 523 g/mol. The fraction of sp³-hybridized carbons (Fsp3) is 0.192. The van der Waals surface area contributed by atoms with E-state index in [1.807, 2.05) is 61.7 Å². The van der Waals surface area contributed by atoms with E-state index >= 15 is 0 Å². The first-order chi connectivity index (χ1) is 17.5. The van der Waals surface area contributed by atoms with Gasteiger partial charge < -0.3 is 19.7 Å². The van der Waals surface area contributed by atoms with Crippen molar-refractivity contribution >= 4 is 40.6 Å². The Kier molecular flexibility index (Phi) is 7.04. The summed E-state index contributed by atoms with van der Waals surface area (Å²) in [5.74, 6) is -0.0485. The topological polar surface area (TPSA) is 85.7 Å². The third-order valence-corrected chi connectivity index (χ3v) is 6.83. The number of aromatic nitrogens is 2. The number of hydrogen-bond acceptors (Lipinski definition) is 6. The molecule has 2 aromatic heterocycles. The van der Waals surface area contributed by atoms with Crippen LogP contribution in [0.1, 0.15) is 11.1 Å². The van der Waals surface area contributed by atoms with Crippen molar-refractivity contribution in [2.75, 3.05) is 24.7 Å². The summed E-state index contributed by atoms with van der Waals surface area (Å²) in [6, 6.07) is 18.9. The summed E-state index contributed by atoms with van der Waals surface area (Å²) < 4.78 is 12.9. The van der Waals surface area contributed by atoms with Crippen molar-refractivity contribution in [2.45, 2.75) is 13.5 Å². The van der Waals surface area contributed by atoms with E-state index < -0.39 is 6.09 Å². The van der Waals surface area contributed by atoms with Gasteiger partial charge in [0.1, 0.15) is 6.61 Å². The van der Waals surface area contributed by atoms with Crippen LogP contribution in [0, 0.1) is 6.92 Å². The van der Waals surface area contributed by atoms with Crippen LogP contribution in [0.15, 0.2) is 66.9 Å². The summed E-state index contributed by atoms with van der Waals surface area (Å²) in [5, 5.41) is 8.04. The first-order valence-corrected chi connectivity index (χ1v) is 12.5. The Morgan fingerprint density at radius 2 is 2.03 bits per heavy atom. The maximum atomic E-state index is 12.3. The zero-order valence-electron chi connectivity index (χ0n) is 19.4. The maximum Gasteiger partial charge on any atom is 0.413 e. The highest BCUT2D eigenvalue weighted by molar-refractivity contribution is 7.17. The van der Waals surface area contributed by atoms with Gasteiger partial charge in [-0.2, -0.15) is 5.10 Å². The number of carbonyl (C=O) groups is 2. The molecular formula is C26H23ClN4O4S. The number of nitrogens with one attached hydrogen (secondary N) is 1. The Bertz CT molecular complexity index is 1400. The van der Waals surface area contributed by atoms with E-state index in [1.165, 1.54) is 11.3 Å². The van der Waals surface area contributed by atoms with Crippen LogP contribution in [-0.2, 0) is 16.1 Å². The third-order valence-electron chi connectivity index (χ3n) is 5.72. The summed E-state index contributed by atoms with van der Waals surface area (Å²) in [7, 11) is 0. The van der Waals surface area contributed by atoms with Gasteiger partial charge in [-0.3, -0.25) is 4.79 Å². The number of morpholine rings is 1. The lowest BCUT2D eigenvalue weighted by Gasteiger charge is -2.28. The molecule has 0 radical (unpaired) electrons. The average Bonchev–Trinajstić information content (AvgIpc) is 3.50. The molecule has 1 fully saturated rings. The number of amides is 2. The molecule has 0 unspecified atom stereocenters. The lowest BCUT2D eigenvalue weighted by molar-refractivity contribution is -0.125. The molecule has 10 heteroatoms. The summed E-state index contributed by atoms with van der Waals surface area (Å²) in [4.78, 5) is 26.4. The summed E-state index contributed by atoms with van der Waals surface area (Å²) in [6.45, 7) is 3.34. The van der Waals surface area contributed by atoms with Gasteiger partial charge in [-0.1, -0.05) is 53.3 Å². The van der Waals surface area contributed by atoms with Crippen molar-refractivity contribution in [3.63, 3.8) is 0 Å². The molecular weight excluding hydrogens is 500 g/mol. The van der Waals surface area contributed by atoms with Crippen LogP contribution < -0.4 is 15.0 Å². The zero-order chi connectivity index (χ0) is 25.1. The fourth-order valence-electron chi connectivity index (χ4n) is 4.02. The van der Waals surface area contributed by atoms with Crippen LogP contribution in [0.3, 0.4) is 0 Å². The lowest BCUT2D eigenvalue weighted by atomic mass is 10.1. The minimum atomic E-state index is -0.573. The second-order valence-corrected chi connectivity index (χ2v) is 9.86. The Hall–Kier alpha value is -3.66. The van der Waals surface area contributed by atoms with E-state index in [0.29, 0.717) is 22.6 Å². The molecule has 4 aromatic rings. The molecule has 3 heterocycles. The molecule has 0 saturated carbocycles. The van der Waals surface area contributed by atoms with Gasteiger partial charge in [0, 0.05) is 36.1 Å². The molecule has 1 aliphatic rings. The monoisotopic (exact) mass is 522 g/mol. The molecule has 2 aromatic carbocycles. The number of ether oxygens (including phenoxy) is 2. The molecule has 0 spiro atoms. The number of anilines is 1. The van der Waals surface area contributed by atoms with E-state index in [1.54, 1.807) is 21.7 Å². The SMILES string of the molecule is Cc1cc(-n2cc(CNC(=O)Oc3ccc(Cl)s3)c(-c3ccccc3)n2)ccc1N1CCOCC1=O. The Morgan fingerprint density at radius 3 is 2.75 bits per heavy atom. The van der Waals surface area contributed by atoms with Gasteiger partial charge in [-0.25, -0.2) is 9.48 Å². The number of aryl methyl sites for hydroxylation is 1. The van der Waals surface area contributed by atoms with Crippen molar-refractivity contribution in [3.05, 3.63) is 82.3 Å². The quantitative estimate of drug-likeness (QED) is 0.375. The Morgan fingerprint density at radius 1 is 1.19 bits per heavy atom. The zero-order valence-corrected chi connectivity index (χ0v) is 21.0. The number of benzene rings is 2. The number of thiophene rings is 1.